The Balaban J connectivity index is 0.000000157. The molecule has 0 saturated heterocycles. The molecule has 0 atom stereocenters. The molecular formula is C38H36N8O4. The second kappa shape index (κ2) is 14.3. The van der Waals surface area contributed by atoms with Crippen LogP contribution in [0.15, 0.2) is 135 Å². The maximum absolute atomic E-state index is 5.80. The third-order valence-corrected chi connectivity index (χ3v) is 8.48. The molecule has 0 unspecified atom stereocenters. The first-order valence-electron chi connectivity index (χ1n) is 15.9. The predicted molar refractivity (Wildman–Crippen MR) is 190 cm³/mol. The van der Waals surface area contributed by atoms with Gasteiger partial charge in [0, 0.05) is 82.2 Å². The quantitative estimate of drug-likeness (QED) is 0.159. The summed E-state index contributed by atoms with van der Waals surface area (Å²) in [6, 6.07) is 27.6. The minimum absolute atomic E-state index is 0.279. The molecule has 50 heavy (non-hydrogen) atoms. The lowest BCUT2D eigenvalue weighted by Crippen LogP contribution is -2.21. The van der Waals surface area contributed by atoms with Gasteiger partial charge in [-0.15, -0.1) is 0 Å². The van der Waals surface area contributed by atoms with E-state index in [1.165, 1.54) is 0 Å². The second-order valence-electron chi connectivity index (χ2n) is 11.2. The summed E-state index contributed by atoms with van der Waals surface area (Å²) in [7, 11) is 6.71. The van der Waals surface area contributed by atoms with E-state index >= 15 is 0 Å². The molecule has 4 heterocycles. The Morgan fingerprint density at radius 1 is 0.420 bits per heavy atom. The fraction of sp³-hybridized carbons (Fsp3) is 0.158. The van der Waals surface area contributed by atoms with Gasteiger partial charge in [0.05, 0.1) is 28.4 Å². The Morgan fingerprint density at radius 2 is 0.740 bits per heavy atom. The SMILES string of the molecule is COc1cc(C(n2cccn2)n2cccn2)c(OC)c2ccccc12.COc1cc(C(n2cccn2)n2cccn2)c(OC)c2ccccc12. The first kappa shape index (κ1) is 32.0. The highest BCUT2D eigenvalue weighted by Gasteiger charge is 2.26. The van der Waals surface area contributed by atoms with Crippen molar-refractivity contribution in [2.45, 2.75) is 12.3 Å². The van der Waals surface area contributed by atoms with Crippen molar-refractivity contribution < 1.29 is 18.9 Å². The minimum Gasteiger partial charge on any atom is -0.496 e. The van der Waals surface area contributed by atoms with Crippen molar-refractivity contribution in [2.75, 3.05) is 28.4 Å². The average Bonchev–Trinajstić information content (AvgIpc) is 4.02. The van der Waals surface area contributed by atoms with Crippen molar-refractivity contribution in [3.8, 4) is 23.0 Å². The Bertz CT molecular complexity index is 2050. The molecule has 0 amide bonds. The molecule has 0 fully saturated rings. The first-order valence-corrected chi connectivity index (χ1v) is 15.9. The van der Waals surface area contributed by atoms with Crippen LogP contribution in [-0.4, -0.2) is 67.6 Å². The number of hydrogen-bond acceptors (Lipinski definition) is 8. The van der Waals surface area contributed by atoms with E-state index in [9.17, 15) is 0 Å². The molecule has 12 heteroatoms. The van der Waals surface area contributed by atoms with Gasteiger partial charge in [0.1, 0.15) is 23.0 Å². The van der Waals surface area contributed by atoms with Gasteiger partial charge in [0.2, 0.25) is 0 Å². The third kappa shape index (κ3) is 5.87. The number of benzene rings is 4. The topological polar surface area (TPSA) is 108 Å². The van der Waals surface area contributed by atoms with E-state index < -0.39 is 0 Å². The smallest absolute Gasteiger partial charge is 0.172 e. The number of nitrogens with zero attached hydrogens (tertiary/aromatic N) is 8. The monoisotopic (exact) mass is 668 g/mol. The second-order valence-corrected chi connectivity index (χ2v) is 11.2. The number of rotatable bonds is 10. The van der Waals surface area contributed by atoms with Gasteiger partial charge in [-0.3, -0.25) is 0 Å². The number of aromatic nitrogens is 8. The standard InChI is InChI=1S/2C19H18N4O2/c2*1-24-17-13-16(18(25-2)15-8-4-3-7-14(15)17)19(22-11-5-9-20-22)23-12-6-10-21-23/h2*3-13,19H,1-2H3. The Morgan fingerprint density at radius 3 is 1.00 bits per heavy atom. The van der Waals surface area contributed by atoms with E-state index in [0.717, 1.165) is 55.7 Å². The van der Waals surface area contributed by atoms with Crippen LogP contribution >= 0.6 is 0 Å². The summed E-state index contributed by atoms with van der Waals surface area (Å²) in [4.78, 5) is 0. The van der Waals surface area contributed by atoms with E-state index in [4.69, 9.17) is 18.9 Å². The molecule has 0 aliphatic carbocycles. The average molecular weight is 669 g/mol. The lowest BCUT2D eigenvalue weighted by atomic mass is 10.0. The molecule has 0 aliphatic rings. The lowest BCUT2D eigenvalue weighted by molar-refractivity contribution is 0.371. The van der Waals surface area contributed by atoms with E-state index in [0.29, 0.717) is 0 Å². The predicted octanol–water partition coefficient (Wildman–Crippen LogP) is 6.69. The molecule has 0 aliphatic heterocycles. The van der Waals surface area contributed by atoms with Crippen molar-refractivity contribution in [2.24, 2.45) is 0 Å². The molecule has 0 bridgehead atoms. The fourth-order valence-corrected chi connectivity index (χ4v) is 6.36. The molecule has 4 aromatic heterocycles. The van der Waals surface area contributed by atoms with E-state index in [2.05, 4.69) is 20.4 Å². The Labute approximate surface area is 288 Å². The molecule has 0 N–H and O–H groups in total. The molecule has 0 saturated carbocycles. The third-order valence-electron chi connectivity index (χ3n) is 8.48. The molecular weight excluding hydrogens is 632 g/mol. The van der Waals surface area contributed by atoms with Crippen LogP contribution in [0.1, 0.15) is 23.5 Å². The van der Waals surface area contributed by atoms with Crippen LogP contribution in [0, 0.1) is 0 Å². The lowest BCUT2D eigenvalue weighted by Gasteiger charge is -2.23. The van der Waals surface area contributed by atoms with Crippen LogP contribution in [0.4, 0.5) is 0 Å². The van der Waals surface area contributed by atoms with Gasteiger partial charge >= 0.3 is 0 Å². The van der Waals surface area contributed by atoms with Crippen LogP contribution in [-0.2, 0) is 0 Å². The van der Waals surface area contributed by atoms with E-state index in [1.807, 2.05) is 128 Å². The maximum Gasteiger partial charge on any atom is 0.172 e. The summed E-state index contributed by atoms with van der Waals surface area (Å²) in [5.41, 5.74) is 1.84. The van der Waals surface area contributed by atoms with Crippen LogP contribution in [0.25, 0.3) is 21.5 Å². The minimum atomic E-state index is -0.279. The van der Waals surface area contributed by atoms with Crippen molar-refractivity contribution in [1.29, 1.82) is 0 Å². The number of methoxy groups -OCH3 is 4. The molecule has 0 radical (unpaired) electrons. The highest BCUT2D eigenvalue weighted by Crippen LogP contribution is 2.42. The highest BCUT2D eigenvalue weighted by molar-refractivity contribution is 5.95. The van der Waals surface area contributed by atoms with Gasteiger partial charge in [-0.05, 0) is 36.4 Å². The summed E-state index contributed by atoms with van der Waals surface area (Å²) < 4.78 is 30.3. The number of ether oxygens (including phenoxy) is 4. The summed E-state index contributed by atoms with van der Waals surface area (Å²) in [6.07, 6.45) is 14.1. The summed E-state index contributed by atoms with van der Waals surface area (Å²) in [5, 5.41) is 21.7. The van der Waals surface area contributed by atoms with Crippen molar-refractivity contribution >= 4 is 21.5 Å². The van der Waals surface area contributed by atoms with Gasteiger partial charge in [-0.2, -0.15) is 20.4 Å². The molecule has 252 valence electrons. The van der Waals surface area contributed by atoms with Gasteiger partial charge in [-0.1, -0.05) is 48.5 Å². The van der Waals surface area contributed by atoms with E-state index in [-0.39, 0.29) is 12.3 Å². The van der Waals surface area contributed by atoms with Crippen molar-refractivity contribution in [1.82, 2.24) is 39.1 Å². The van der Waals surface area contributed by atoms with Crippen LogP contribution in [0.5, 0.6) is 23.0 Å². The number of fused-ring (bicyclic) bond motifs is 2. The normalized spacial score (nSPS) is 11.2. The zero-order chi connectivity index (χ0) is 34.5. The van der Waals surface area contributed by atoms with Gasteiger partial charge < -0.3 is 18.9 Å². The molecule has 8 aromatic rings. The largest absolute Gasteiger partial charge is 0.496 e. The van der Waals surface area contributed by atoms with E-state index in [1.54, 1.807) is 53.2 Å². The van der Waals surface area contributed by atoms with Gasteiger partial charge in [0.15, 0.2) is 12.3 Å². The first-order chi connectivity index (χ1) is 24.7. The van der Waals surface area contributed by atoms with Crippen LogP contribution in [0.3, 0.4) is 0 Å². The number of hydrogen-bond donors (Lipinski definition) is 0. The van der Waals surface area contributed by atoms with Crippen molar-refractivity contribution in [3.63, 3.8) is 0 Å². The van der Waals surface area contributed by atoms with Gasteiger partial charge in [0.25, 0.3) is 0 Å². The zero-order valence-electron chi connectivity index (χ0n) is 28.1. The Kier molecular flexibility index (Phi) is 9.14. The zero-order valence-corrected chi connectivity index (χ0v) is 28.1. The molecule has 12 nitrogen and oxygen atoms in total. The fourth-order valence-electron chi connectivity index (χ4n) is 6.36. The molecule has 4 aromatic carbocycles. The highest BCUT2D eigenvalue weighted by atomic mass is 16.5. The Hall–Kier alpha value is -6.56. The summed E-state index contributed by atoms with van der Waals surface area (Å²) in [6.45, 7) is 0. The molecule has 8 rings (SSSR count). The van der Waals surface area contributed by atoms with Gasteiger partial charge in [-0.25, -0.2) is 18.7 Å². The van der Waals surface area contributed by atoms with Crippen molar-refractivity contribution in [3.05, 3.63) is 146 Å². The summed E-state index contributed by atoms with van der Waals surface area (Å²) >= 11 is 0. The van der Waals surface area contributed by atoms with Crippen LogP contribution < -0.4 is 18.9 Å². The molecule has 0 spiro atoms. The maximum atomic E-state index is 5.80. The van der Waals surface area contributed by atoms with Crippen LogP contribution in [0.2, 0.25) is 0 Å². The summed E-state index contributed by atoms with van der Waals surface area (Å²) in [5.74, 6) is 3.14.